The van der Waals surface area contributed by atoms with E-state index >= 15 is 0 Å². The molecule has 152 valence electrons. The van der Waals surface area contributed by atoms with Crippen LogP contribution in [-0.2, 0) is 4.79 Å². The second kappa shape index (κ2) is 9.23. The number of likely N-dealkylation sites (tertiary alicyclic amines) is 1. The van der Waals surface area contributed by atoms with Crippen molar-refractivity contribution in [2.24, 2.45) is 11.7 Å². The molecule has 4 N–H and O–H groups in total. The standard InChI is InChI=1S/C22H26N4O3/c1-15-9-11-26(12-10-15)22(29)16-5-4-6-17(13-16)24-14-20(27)25-19-8-3-2-7-18(19)21(23)28/h2-8,13,15,24H,9-12,14H2,1H3,(H2,23,28)(H,25,27). The molecule has 0 bridgehead atoms. The van der Waals surface area contributed by atoms with Crippen LogP contribution in [-0.4, -0.2) is 42.3 Å². The number of amides is 3. The van der Waals surface area contributed by atoms with Gasteiger partial charge in [0, 0.05) is 24.3 Å². The molecule has 1 aliphatic rings. The fraction of sp³-hybridized carbons (Fsp3) is 0.318. The maximum atomic E-state index is 12.7. The molecule has 0 spiro atoms. The van der Waals surface area contributed by atoms with Crippen LogP contribution in [0.25, 0.3) is 0 Å². The van der Waals surface area contributed by atoms with Gasteiger partial charge in [0.05, 0.1) is 17.8 Å². The number of piperidine rings is 1. The Morgan fingerprint density at radius 1 is 1.07 bits per heavy atom. The SMILES string of the molecule is CC1CCN(C(=O)c2cccc(NCC(=O)Nc3ccccc3C(N)=O)c2)CC1. The highest BCUT2D eigenvalue weighted by Gasteiger charge is 2.21. The molecule has 1 saturated heterocycles. The summed E-state index contributed by atoms with van der Waals surface area (Å²) < 4.78 is 0. The first kappa shape index (κ1) is 20.4. The number of carbonyl (C=O) groups excluding carboxylic acids is 3. The number of benzene rings is 2. The zero-order valence-corrected chi connectivity index (χ0v) is 16.5. The third kappa shape index (κ3) is 5.34. The lowest BCUT2D eigenvalue weighted by atomic mass is 9.98. The Bertz CT molecular complexity index is 904. The Labute approximate surface area is 170 Å². The van der Waals surface area contributed by atoms with E-state index in [2.05, 4.69) is 17.6 Å². The molecule has 1 aliphatic heterocycles. The van der Waals surface area contributed by atoms with Crippen molar-refractivity contribution in [3.8, 4) is 0 Å². The molecule has 1 heterocycles. The number of anilines is 2. The van der Waals surface area contributed by atoms with Gasteiger partial charge in [-0.1, -0.05) is 25.1 Å². The van der Waals surface area contributed by atoms with Crippen molar-refractivity contribution in [1.29, 1.82) is 0 Å². The second-order valence-corrected chi connectivity index (χ2v) is 7.37. The van der Waals surface area contributed by atoms with Crippen LogP contribution >= 0.6 is 0 Å². The minimum Gasteiger partial charge on any atom is -0.376 e. The van der Waals surface area contributed by atoms with Crippen molar-refractivity contribution < 1.29 is 14.4 Å². The lowest BCUT2D eigenvalue weighted by molar-refractivity contribution is -0.114. The van der Waals surface area contributed by atoms with Crippen LogP contribution in [0, 0.1) is 5.92 Å². The summed E-state index contributed by atoms with van der Waals surface area (Å²) in [4.78, 5) is 38.3. The second-order valence-electron chi connectivity index (χ2n) is 7.37. The molecule has 2 aromatic rings. The van der Waals surface area contributed by atoms with E-state index in [1.54, 1.807) is 48.5 Å². The molecule has 0 unspecified atom stereocenters. The third-order valence-corrected chi connectivity index (χ3v) is 5.10. The maximum Gasteiger partial charge on any atom is 0.253 e. The molecule has 29 heavy (non-hydrogen) atoms. The molecule has 3 amide bonds. The van der Waals surface area contributed by atoms with Crippen LogP contribution in [0.15, 0.2) is 48.5 Å². The van der Waals surface area contributed by atoms with Crippen LogP contribution in [0.5, 0.6) is 0 Å². The summed E-state index contributed by atoms with van der Waals surface area (Å²) in [7, 11) is 0. The first-order chi connectivity index (χ1) is 13.9. The number of hydrogen-bond donors (Lipinski definition) is 3. The summed E-state index contributed by atoms with van der Waals surface area (Å²) in [6.45, 7) is 3.75. The molecule has 7 nitrogen and oxygen atoms in total. The van der Waals surface area contributed by atoms with Crippen LogP contribution in [0.1, 0.15) is 40.5 Å². The van der Waals surface area contributed by atoms with Crippen LogP contribution < -0.4 is 16.4 Å². The highest BCUT2D eigenvalue weighted by Crippen LogP contribution is 2.20. The first-order valence-corrected chi connectivity index (χ1v) is 9.76. The van der Waals surface area contributed by atoms with E-state index in [1.165, 1.54) is 0 Å². The van der Waals surface area contributed by atoms with Crippen molar-refractivity contribution in [2.75, 3.05) is 30.3 Å². The average Bonchev–Trinajstić information content (AvgIpc) is 2.73. The molecular formula is C22H26N4O3. The summed E-state index contributed by atoms with van der Waals surface area (Å²) in [5.74, 6) is -0.252. The Kier molecular flexibility index (Phi) is 6.49. The number of rotatable bonds is 6. The van der Waals surface area contributed by atoms with Gasteiger partial charge in [0.25, 0.3) is 11.8 Å². The van der Waals surface area contributed by atoms with Crippen LogP contribution in [0.2, 0.25) is 0 Å². The molecule has 7 heteroatoms. The van der Waals surface area contributed by atoms with Crippen molar-refractivity contribution in [2.45, 2.75) is 19.8 Å². The monoisotopic (exact) mass is 394 g/mol. The minimum atomic E-state index is -0.604. The summed E-state index contributed by atoms with van der Waals surface area (Å²) >= 11 is 0. The molecule has 1 fully saturated rings. The molecule has 0 aliphatic carbocycles. The van der Waals surface area contributed by atoms with Gasteiger partial charge in [-0.15, -0.1) is 0 Å². The molecule has 2 aromatic carbocycles. The van der Waals surface area contributed by atoms with E-state index in [0.717, 1.165) is 25.9 Å². The van der Waals surface area contributed by atoms with E-state index < -0.39 is 5.91 Å². The summed E-state index contributed by atoms with van der Waals surface area (Å²) in [5, 5.41) is 5.70. The first-order valence-electron chi connectivity index (χ1n) is 9.76. The van der Waals surface area contributed by atoms with Crippen LogP contribution in [0.4, 0.5) is 11.4 Å². The topological polar surface area (TPSA) is 105 Å². The van der Waals surface area contributed by atoms with Gasteiger partial charge in [-0.3, -0.25) is 14.4 Å². The van der Waals surface area contributed by atoms with Gasteiger partial charge >= 0.3 is 0 Å². The predicted molar refractivity (Wildman–Crippen MR) is 113 cm³/mol. The highest BCUT2D eigenvalue weighted by molar-refractivity contribution is 6.03. The smallest absolute Gasteiger partial charge is 0.253 e. The number of nitrogens with two attached hydrogens (primary N) is 1. The fourth-order valence-corrected chi connectivity index (χ4v) is 3.34. The number of primary amides is 1. The maximum absolute atomic E-state index is 12.7. The van der Waals surface area contributed by atoms with E-state index in [1.807, 2.05) is 4.90 Å². The van der Waals surface area contributed by atoms with Gasteiger partial charge in [0.1, 0.15) is 0 Å². The van der Waals surface area contributed by atoms with Gasteiger partial charge in [-0.2, -0.15) is 0 Å². The molecule has 0 radical (unpaired) electrons. The fourth-order valence-electron chi connectivity index (χ4n) is 3.34. The normalized spacial score (nSPS) is 14.3. The number of hydrogen-bond acceptors (Lipinski definition) is 4. The van der Waals surface area contributed by atoms with Crippen molar-refractivity contribution in [3.63, 3.8) is 0 Å². The van der Waals surface area contributed by atoms with E-state index in [9.17, 15) is 14.4 Å². The Balaban J connectivity index is 1.59. The van der Waals surface area contributed by atoms with Gasteiger partial charge < -0.3 is 21.3 Å². The minimum absolute atomic E-state index is 0.00797. The third-order valence-electron chi connectivity index (χ3n) is 5.10. The van der Waals surface area contributed by atoms with E-state index in [0.29, 0.717) is 22.9 Å². The lowest BCUT2D eigenvalue weighted by Gasteiger charge is -2.30. The highest BCUT2D eigenvalue weighted by atomic mass is 16.2. The van der Waals surface area contributed by atoms with Crippen LogP contribution in [0.3, 0.4) is 0 Å². The molecular weight excluding hydrogens is 368 g/mol. The lowest BCUT2D eigenvalue weighted by Crippen LogP contribution is -2.37. The predicted octanol–water partition coefficient (Wildman–Crippen LogP) is 2.71. The summed E-state index contributed by atoms with van der Waals surface area (Å²) in [6, 6.07) is 13.7. The van der Waals surface area contributed by atoms with Crippen molar-refractivity contribution in [3.05, 3.63) is 59.7 Å². The molecule has 3 rings (SSSR count). The Hall–Kier alpha value is -3.35. The van der Waals surface area contributed by atoms with Crippen molar-refractivity contribution >= 4 is 29.1 Å². The zero-order chi connectivity index (χ0) is 20.8. The van der Waals surface area contributed by atoms with Gasteiger partial charge in [0.2, 0.25) is 5.91 Å². The van der Waals surface area contributed by atoms with E-state index in [4.69, 9.17) is 5.73 Å². The largest absolute Gasteiger partial charge is 0.376 e. The van der Waals surface area contributed by atoms with Crippen molar-refractivity contribution in [1.82, 2.24) is 4.90 Å². The van der Waals surface area contributed by atoms with E-state index in [-0.39, 0.29) is 23.9 Å². The van der Waals surface area contributed by atoms with Gasteiger partial charge in [0.15, 0.2) is 0 Å². The summed E-state index contributed by atoms with van der Waals surface area (Å²) in [5.41, 5.74) is 7.23. The molecule has 0 saturated carbocycles. The van der Waals surface area contributed by atoms with Gasteiger partial charge in [-0.05, 0) is 49.1 Å². The quantitative estimate of drug-likeness (QED) is 0.701. The zero-order valence-electron chi connectivity index (χ0n) is 16.5. The molecule has 0 atom stereocenters. The Morgan fingerprint density at radius 2 is 1.79 bits per heavy atom. The number of para-hydroxylation sites is 1. The average molecular weight is 394 g/mol. The number of carbonyl (C=O) groups is 3. The number of nitrogens with zero attached hydrogens (tertiary/aromatic N) is 1. The summed E-state index contributed by atoms with van der Waals surface area (Å²) in [6.07, 6.45) is 2.05. The number of nitrogens with one attached hydrogen (secondary N) is 2. The Morgan fingerprint density at radius 3 is 2.52 bits per heavy atom. The van der Waals surface area contributed by atoms with Gasteiger partial charge in [-0.25, -0.2) is 0 Å². The molecule has 0 aromatic heterocycles.